The highest BCUT2D eigenvalue weighted by Gasteiger charge is 2.31. The lowest BCUT2D eigenvalue weighted by Gasteiger charge is -2.42. The molecule has 14 heavy (non-hydrogen) atoms. The maximum Gasteiger partial charge on any atom is 0.0594 e. The summed E-state index contributed by atoms with van der Waals surface area (Å²) in [6, 6.07) is 0. The Hall–Kier alpha value is -0.160. The van der Waals surface area contributed by atoms with E-state index < -0.39 is 0 Å². The maximum atomic E-state index is 5.84. The third-order valence-corrected chi connectivity index (χ3v) is 3.06. The van der Waals surface area contributed by atoms with Crippen LogP contribution in [0.5, 0.6) is 0 Å². The molecule has 1 rings (SSSR count). The molecule has 2 N–H and O–H groups in total. The fourth-order valence-corrected chi connectivity index (χ4v) is 1.81. The molecule has 0 aromatic carbocycles. The van der Waals surface area contributed by atoms with Crippen molar-refractivity contribution in [3.05, 3.63) is 0 Å². The first-order valence-electron chi connectivity index (χ1n) is 5.25. The van der Waals surface area contributed by atoms with Gasteiger partial charge in [-0.3, -0.25) is 4.90 Å². The molecule has 1 aliphatic rings. The van der Waals surface area contributed by atoms with Crippen molar-refractivity contribution in [3.63, 3.8) is 0 Å². The summed E-state index contributed by atoms with van der Waals surface area (Å²) in [5.41, 5.74) is 5.91. The molecule has 0 spiro atoms. The van der Waals surface area contributed by atoms with E-state index in [0.717, 1.165) is 39.3 Å². The van der Waals surface area contributed by atoms with Crippen LogP contribution in [0.15, 0.2) is 0 Å². The van der Waals surface area contributed by atoms with Crippen LogP contribution in [0.25, 0.3) is 0 Å². The summed E-state index contributed by atoms with van der Waals surface area (Å²) in [6.45, 7) is 7.26. The molecular weight excluding hydrogens is 180 g/mol. The molecule has 0 aromatic heterocycles. The quantitative estimate of drug-likeness (QED) is 0.685. The van der Waals surface area contributed by atoms with Crippen molar-refractivity contribution < 1.29 is 9.47 Å². The van der Waals surface area contributed by atoms with Crippen LogP contribution in [-0.4, -0.2) is 57.0 Å². The number of hydrogen-bond acceptors (Lipinski definition) is 4. The topological polar surface area (TPSA) is 47.7 Å². The Morgan fingerprint density at radius 1 is 1.43 bits per heavy atom. The molecule has 1 atom stereocenters. The molecule has 1 aliphatic heterocycles. The van der Waals surface area contributed by atoms with E-state index in [2.05, 4.69) is 11.8 Å². The zero-order chi connectivity index (χ0) is 10.4. The van der Waals surface area contributed by atoms with Crippen LogP contribution in [0.4, 0.5) is 0 Å². The molecule has 84 valence electrons. The predicted molar refractivity (Wildman–Crippen MR) is 56.3 cm³/mol. The van der Waals surface area contributed by atoms with E-state index in [9.17, 15) is 0 Å². The number of hydrogen-bond donors (Lipinski definition) is 1. The molecule has 1 saturated heterocycles. The number of rotatable bonds is 5. The Bertz CT molecular complexity index is 160. The summed E-state index contributed by atoms with van der Waals surface area (Å²) in [5.74, 6) is 0. The molecule has 0 saturated carbocycles. The number of nitrogens with zero attached hydrogens (tertiary/aromatic N) is 1. The molecule has 1 heterocycles. The molecule has 0 radical (unpaired) electrons. The van der Waals surface area contributed by atoms with Gasteiger partial charge < -0.3 is 15.2 Å². The molecule has 1 unspecified atom stereocenters. The number of methoxy groups -OCH3 is 1. The van der Waals surface area contributed by atoms with E-state index in [0.29, 0.717) is 6.54 Å². The third-order valence-electron chi connectivity index (χ3n) is 3.06. The Morgan fingerprint density at radius 2 is 2.07 bits per heavy atom. The van der Waals surface area contributed by atoms with E-state index in [1.807, 2.05) is 0 Å². The first-order valence-corrected chi connectivity index (χ1v) is 5.25. The maximum absolute atomic E-state index is 5.84. The van der Waals surface area contributed by atoms with E-state index in [1.165, 1.54) is 0 Å². The van der Waals surface area contributed by atoms with Crippen molar-refractivity contribution in [3.8, 4) is 0 Å². The second-order valence-corrected chi connectivity index (χ2v) is 4.04. The summed E-state index contributed by atoms with van der Waals surface area (Å²) in [4.78, 5) is 2.41. The molecule has 0 amide bonds. The minimum atomic E-state index is 0.0692. The van der Waals surface area contributed by atoms with Gasteiger partial charge in [0.05, 0.1) is 13.2 Å². The van der Waals surface area contributed by atoms with Crippen molar-refractivity contribution in [1.29, 1.82) is 0 Å². The van der Waals surface area contributed by atoms with Crippen LogP contribution in [0, 0.1) is 0 Å². The Kier molecular flexibility index (Phi) is 4.81. The van der Waals surface area contributed by atoms with Crippen LogP contribution >= 0.6 is 0 Å². The van der Waals surface area contributed by atoms with E-state index in [-0.39, 0.29) is 5.54 Å². The Morgan fingerprint density at radius 3 is 2.57 bits per heavy atom. The third kappa shape index (κ3) is 2.92. The zero-order valence-electron chi connectivity index (χ0n) is 9.29. The fourth-order valence-electron chi connectivity index (χ4n) is 1.81. The van der Waals surface area contributed by atoms with Gasteiger partial charge in [-0.15, -0.1) is 0 Å². The van der Waals surface area contributed by atoms with Crippen LogP contribution < -0.4 is 5.73 Å². The SMILES string of the molecule is COCCC(C)(CN)N1CCOCC1. The average Bonchev–Trinajstić information content (AvgIpc) is 2.27. The van der Waals surface area contributed by atoms with Crippen molar-refractivity contribution in [1.82, 2.24) is 4.90 Å². The second kappa shape index (κ2) is 5.66. The minimum absolute atomic E-state index is 0.0692. The number of ether oxygens (including phenoxy) is 2. The summed E-state index contributed by atoms with van der Waals surface area (Å²) in [7, 11) is 1.73. The highest BCUT2D eigenvalue weighted by molar-refractivity contribution is 4.88. The molecule has 0 aliphatic carbocycles. The fraction of sp³-hybridized carbons (Fsp3) is 1.00. The molecule has 4 nitrogen and oxygen atoms in total. The molecule has 0 aromatic rings. The van der Waals surface area contributed by atoms with Gasteiger partial charge in [-0.1, -0.05) is 0 Å². The highest BCUT2D eigenvalue weighted by atomic mass is 16.5. The molecule has 1 fully saturated rings. The van der Waals surface area contributed by atoms with Gasteiger partial charge in [0, 0.05) is 38.9 Å². The van der Waals surface area contributed by atoms with Gasteiger partial charge in [0.25, 0.3) is 0 Å². The van der Waals surface area contributed by atoms with E-state index >= 15 is 0 Å². The summed E-state index contributed by atoms with van der Waals surface area (Å²) >= 11 is 0. The van der Waals surface area contributed by atoms with Gasteiger partial charge in [-0.25, -0.2) is 0 Å². The van der Waals surface area contributed by atoms with Crippen molar-refractivity contribution >= 4 is 0 Å². The van der Waals surface area contributed by atoms with Gasteiger partial charge >= 0.3 is 0 Å². The molecular formula is C10H22N2O2. The molecule has 4 heteroatoms. The van der Waals surface area contributed by atoms with Crippen molar-refractivity contribution in [2.45, 2.75) is 18.9 Å². The Balaban J connectivity index is 2.47. The zero-order valence-corrected chi connectivity index (χ0v) is 9.29. The van der Waals surface area contributed by atoms with Gasteiger partial charge in [-0.2, -0.15) is 0 Å². The summed E-state index contributed by atoms with van der Waals surface area (Å²) in [6.07, 6.45) is 0.986. The average molecular weight is 202 g/mol. The predicted octanol–water partition coefficient (Wildman–Crippen LogP) is 0.0725. The standard InChI is InChI=1S/C10H22N2O2/c1-10(9-11,3-6-13-2)12-4-7-14-8-5-12/h3-9,11H2,1-2H3. The highest BCUT2D eigenvalue weighted by Crippen LogP contribution is 2.19. The van der Waals surface area contributed by atoms with Crippen LogP contribution in [0.2, 0.25) is 0 Å². The first-order chi connectivity index (χ1) is 6.73. The van der Waals surface area contributed by atoms with E-state index in [1.54, 1.807) is 7.11 Å². The lowest BCUT2D eigenvalue weighted by molar-refractivity contribution is -0.0232. The van der Waals surface area contributed by atoms with Crippen LogP contribution in [0.3, 0.4) is 0 Å². The van der Waals surface area contributed by atoms with Gasteiger partial charge in [0.15, 0.2) is 0 Å². The Labute approximate surface area is 86.3 Å². The summed E-state index contributed by atoms with van der Waals surface area (Å²) < 4.78 is 10.4. The van der Waals surface area contributed by atoms with Gasteiger partial charge in [0.1, 0.15) is 0 Å². The monoisotopic (exact) mass is 202 g/mol. The normalized spacial score (nSPS) is 23.4. The van der Waals surface area contributed by atoms with Gasteiger partial charge in [0.2, 0.25) is 0 Å². The lowest BCUT2D eigenvalue weighted by Crippen LogP contribution is -2.56. The first kappa shape index (κ1) is 11.9. The van der Waals surface area contributed by atoms with Gasteiger partial charge in [-0.05, 0) is 13.3 Å². The van der Waals surface area contributed by atoms with E-state index in [4.69, 9.17) is 15.2 Å². The largest absolute Gasteiger partial charge is 0.385 e. The molecule has 0 bridgehead atoms. The number of nitrogens with two attached hydrogens (primary N) is 1. The van der Waals surface area contributed by atoms with Crippen molar-refractivity contribution in [2.24, 2.45) is 5.73 Å². The number of morpholine rings is 1. The minimum Gasteiger partial charge on any atom is -0.385 e. The smallest absolute Gasteiger partial charge is 0.0594 e. The lowest BCUT2D eigenvalue weighted by atomic mass is 9.95. The van der Waals surface area contributed by atoms with Crippen LogP contribution in [-0.2, 0) is 9.47 Å². The van der Waals surface area contributed by atoms with Crippen molar-refractivity contribution in [2.75, 3.05) is 46.6 Å². The summed E-state index contributed by atoms with van der Waals surface area (Å²) in [5, 5.41) is 0. The van der Waals surface area contributed by atoms with Crippen LogP contribution in [0.1, 0.15) is 13.3 Å². The second-order valence-electron chi connectivity index (χ2n) is 4.04.